The van der Waals surface area contributed by atoms with Crippen molar-refractivity contribution in [3.05, 3.63) is 17.7 Å². The van der Waals surface area contributed by atoms with Gasteiger partial charge in [-0.25, -0.2) is 0 Å². The molecule has 0 aliphatic heterocycles. The molecule has 1 aromatic rings. The van der Waals surface area contributed by atoms with Crippen LogP contribution in [0.1, 0.15) is 25.3 Å². The van der Waals surface area contributed by atoms with E-state index in [1.165, 1.54) is 12.8 Å². The van der Waals surface area contributed by atoms with Crippen molar-refractivity contribution in [2.45, 2.75) is 26.3 Å². The Hall–Kier alpha value is -1.42. The molecule has 0 saturated heterocycles. The summed E-state index contributed by atoms with van der Waals surface area (Å²) in [5.41, 5.74) is 1.59. The maximum Gasteiger partial charge on any atom is 0.203 e. The quantitative estimate of drug-likeness (QED) is 0.822. The summed E-state index contributed by atoms with van der Waals surface area (Å²) in [6.45, 7) is 4.13. The second-order valence-corrected chi connectivity index (χ2v) is 5.41. The number of ether oxygens (including phenoxy) is 3. The minimum absolute atomic E-state index is 0.504. The van der Waals surface area contributed by atoms with Gasteiger partial charge in [0.2, 0.25) is 5.75 Å². The molecule has 2 rings (SSSR count). The van der Waals surface area contributed by atoms with Crippen molar-refractivity contribution in [1.29, 1.82) is 0 Å². The minimum Gasteiger partial charge on any atom is -0.493 e. The Morgan fingerprint density at radius 3 is 2.26 bits per heavy atom. The molecule has 4 nitrogen and oxygen atoms in total. The van der Waals surface area contributed by atoms with E-state index in [9.17, 15) is 0 Å². The fourth-order valence-electron chi connectivity index (χ4n) is 2.19. The summed E-state index contributed by atoms with van der Waals surface area (Å²) in [6.07, 6.45) is 2.64. The van der Waals surface area contributed by atoms with Crippen molar-refractivity contribution < 1.29 is 14.2 Å². The molecule has 0 atom stereocenters. The third kappa shape index (κ3) is 3.13. The first kappa shape index (κ1) is 14.0. The maximum atomic E-state index is 5.46. The van der Waals surface area contributed by atoms with Gasteiger partial charge >= 0.3 is 0 Å². The average Bonchev–Trinajstić information content (AvgIpc) is 3.15. The van der Waals surface area contributed by atoms with Crippen LogP contribution in [0.3, 0.4) is 0 Å². The Labute approximate surface area is 115 Å². The summed E-state index contributed by atoms with van der Waals surface area (Å²) in [6, 6.07) is 3.93. The standard InChI is InChI=1S/C15H23NO3/c1-15(7-8-15)10-16-9-11-5-6-12(17-2)14(19-4)13(11)18-3/h5-6,16H,7-10H2,1-4H3. The molecule has 0 amide bonds. The molecule has 1 aliphatic carbocycles. The molecule has 0 radical (unpaired) electrons. The highest BCUT2D eigenvalue weighted by atomic mass is 16.5. The lowest BCUT2D eigenvalue weighted by molar-refractivity contribution is 0.321. The molecule has 0 unspecified atom stereocenters. The van der Waals surface area contributed by atoms with Gasteiger partial charge in [0.1, 0.15) is 0 Å². The topological polar surface area (TPSA) is 39.7 Å². The molecule has 1 saturated carbocycles. The highest BCUT2D eigenvalue weighted by Gasteiger charge is 2.36. The number of hydrogen-bond acceptors (Lipinski definition) is 4. The van der Waals surface area contributed by atoms with Crippen LogP contribution in [0.4, 0.5) is 0 Å². The number of benzene rings is 1. The van der Waals surface area contributed by atoms with Crippen LogP contribution in [0.25, 0.3) is 0 Å². The lowest BCUT2D eigenvalue weighted by Gasteiger charge is -2.17. The van der Waals surface area contributed by atoms with Gasteiger partial charge in [0.15, 0.2) is 11.5 Å². The molecule has 106 valence electrons. The summed E-state index contributed by atoms with van der Waals surface area (Å²) in [7, 11) is 4.91. The zero-order valence-corrected chi connectivity index (χ0v) is 12.2. The predicted octanol–water partition coefficient (Wildman–Crippen LogP) is 2.60. The second-order valence-electron chi connectivity index (χ2n) is 5.41. The number of methoxy groups -OCH3 is 3. The highest BCUT2D eigenvalue weighted by Crippen LogP contribution is 2.44. The molecular formula is C15H23NO3. The monoisotopic (exact) mass is 265 g/mol. The summed E-state index contributed by atoms with van der Waals surface area (Å²) in [4.78, 5) is 0. The Bertz CT molecular complexity index is 441. The van der Waals surface area contributed by atoms with Crippen LogP contribution in [0.15, 0.2) is 12.1 Å². The average molecular weight is 265 g/mol. The van der Waals surface area contributed by atoms with Crippen molar-refractivity contribution >= 4 is 0 Å². The van der Waals surface area contributed by atoms with Crippen molar-refractivity contribution in [2.24, 2.45) is 5.41 Å². The molecule has 1 aromatic carbocycles. The van der Waals surface area contributed by atoms with Crippen LogP contribution in [-0.4, -0.2) is 27.9 Å². The van der Waals surface area contributed by atoms with Crippen molar-refractivity contribution in [2.75, 3.05) is 27.9 Å². The fraction of sp³-hybridized carbons (Fsp3) is 0.600. The van der Waals surface area contributed by atoms with Crippen LogP contribution in [0.5, 0.6) is 17.2 Å². The van der Waals surface area contributed by atoms with E-state index in [0.29, 0.717) is 16.9 Å². The third-order valence-corrected chi connectivity index (χ3v) is 3.76. The molecule has 1 fully saturated rings. The normalized spacial score (nSPS) is 16.0. The van der Waals surface area contributed by atoms with E-state index >= 15 is 0 Å². The molecule has 0 heterocycles. The van der Waals surface area contributed by atoms with Crippen LogP contribution in [0.2, 0.25) is 0 Å². The van der Waals surface area contributed by atoms with Crippen LogP contribution >= 0.6 is 0 Å². The van der Waals surface area contributed by atoms with Gasteiger partial charge in [-0.05, 0) is 24.3 Å². The van der Waals surface area contributed by atoms with Gasteiger partial charge < -0.3 is 19.5 Å². The Morgan fingerprint density at radius 1 is 1.05 bits per heavy atom. The molecule has 1 N–H and O–H groups in total. The van der Waals surface area contributed by atoms with Gasteiger partial charge in [0.05, 0.1) is 21.3 Å². The van der Waals surface area contributed by atoms with Crippen molar-refractivity contribution in [3.8, 4) is 17.2 Å². The lowest BCUT2D eigenvalue weighted by atomic mass is 10.1. The van der Waals surface area contributed by atoms with Crippen molar-refractivity contribution in [1.82, 2.24) is 5.32 Å². The summed E-state index contributed by atoms with van der Waals surface area (Å²) < 4.78 is 16.1. The van der Waals surface area contributed by atoms with E-state index in [4.69, 9.17) is 14.2 Å². The maximum absolute atomic E-state index is 5.46. The molecule has 19 heavy (non-hydrogen) atoms. The summed E-state index contributed by atoms with van der Waals surface area (Å²) in [5, 5.41) is 3.49. The van der Waals surface area contributed by atoms with Gasteiger partial charge in [0, 0.05) is 18.7 Å². The van der Waals surface area contributed by atoms with Gasteiger partial charge in [-0.2, -0.15) is 0 Å². The zero-order valence-electron chi connectivity index (χ0n) is 12.2. The van der Waals surface area contributed by atoms with Gasteiger partial charge in [-0.15, -0.1) is 0 Å². The van der Waals surface area contributed by atoms with E-state index in [1.54, 1.807) is 21.3 Å². The Morgan fingerprint density at radius 2 is 1.74 bits per heavy atom. The van der Waals surface area contributed by atoms with E-state index in [0.717, 1.165) is 24.4 Å². The van der Waals surface area contributed by atoms with Crippen LogP contribution in [0, 0.1) is 5.41 Å². The SMILES string of the molecule is COc1ccc(CNCC2(C)CC2)c(OC)c1OC. The van der Waals surface area contributed by atoms with E-state index in [-0.39, 0.29) is 0 Å². The first-order valence-corrected chi connectivity index (χ1v) is 6.62. The molecule has 4 heteroatoms. The fourth-order valence-corrected chi connectivity index (χ4v) is 2.19. The first-order chi connectivity index (χ1) is 9.13. The smallest absolute Gasteiger partial charge is 0.203 e. The number of rotatable bonds is 7. The van der Waals surface area contributed by atoms with E-state index in [1.807, 2.05) is 12.1 Å². The van der Waals surface area contributed by atoms with E-state index < -0.39 is 0 Å². The predicted molar refractivity (Wildman–Crippen MR) is 75.1 cm³/mol. The van der Waals surface area contributed by atoms with Gasteiger partial charge in [0.25, 0.3) is 0 Å². The second kappa shape index (κ2) is 5.70. The van der Waals surface area contributed by atoms with Gasteiger partial charge in [-0.3, -0.25) is 0 Å². The number of nitrogens with one attached hydrogen (secondary N) is 1. The summed E-state index contributed by atoms with van der Waals surface area (Å²) >= 11 is 0. The van der Waals surface area contributed by atoms with Gasteiger partial charge in [-0.1, -0.05) is 13.0 Å². The number of hydrogen-bond donors (Lipinski definition) is 1. The molecule has 1 aliphatic rings. The zero-order chi connectivity index (χ0) is 13.9. The minimum atomic E-state index is 0.504. The van der Waals surface area contributed by atoms with Crippen LogP contribution < -0.4 is 19.5 Å². The van der Waals surface area contributed by atoms with Crippen molar-refractivity contribution in [3.63, 3.8) is 0 Å². The molecule has 0 spiro atoms. The molecule has 0 bridgehead atoms. The summed E-state index contributed by atoms with van der Waals surface area (Å²) in [5.74, 6) is 2.09. The van der Waals surface area contributed by atoms with E-state index in [2.05, 4.69) is 12.2 Å². The third-order valence-electron chi connectivity index (χ3n) is 3.76. The Balaban J connectivity index is 2.10. The highest BCUT2D eigenvalue weighted by molar-refractivity contribution is 5.55. The van der Waals surface area contributed by atoms with Crippen LogP contribution in [-0.2, 0) is 6.54 Å². The Kier molecular flexibility index (Phi) is 4.20. The first-order valence-electron chi connectivity index (χ1n) is 6.62. The molecular weight excluding hydrogens is 242 g/mol. The lowest BCUT2D eigenvalue weighted by Crippen LogP contribution is -2.21. The molecule has 0 aromatic heterocycles. The largest absolute Gasteiger partial charge is 0.493 e.